The van der Waals surface area contributed by atoms with Crippen molar-refractivity contribution in [2.75, 3.05) is 0 Å². The number of nitriles is 1. The number of hydrogen-bond acceptors (Lipinski definition) is 3. The number of carbonyl (C=O) groups is 1. The van der Waals surface area contributed by atoms with Crippen molar-refractivity contribution in [2.45, 2.75) is 24.8 Å². The van der Waals surface area contributed by atoms with Crippen LogP contribution in [0.3, 0.4) is 0 Å². The molecule has 22 heavy (non-hydrogen) atoms. The molecule has 1 aromatic carbocycles. The van der Waals surface area contributed by atoms with Crippen molar-refractivity contribution >= 4 is 21.8 Å². The van der Waals surface area contributed by atoms with Gasteiger partial charge in [-0.15, -0.1) is 0 Å². The van der Waals surface area contributed by atoms with Crippen molar-refractivity contribution in [3.05, 3.63) is 63.9 Å². The molecule has 2 aromatic rings. The molecule has 1 saturated carbocycles. The van der Waals surface area contributed by atoms with Crippen LogP contribution in [0.5, 0.6) is 0 Å². The second-order valence-corrected chi connectivity index (χ2v) is 6.38. The molecule has 0 atom stereocenters. The Morgan fingerprint density at radius 3 is 2.73 bits per heavy atom. The van der Waals surface area contributed by atoms with Gasteiger partial charge in [-0.3, -0.25) is 4.79 Å². The lowest BCUT2D eigenvalue weighted by molar-refractivity contribution is 0.0926. The Balaban J connectivity index is 1.73. The quantitative estimate of drug-likeness (QED) is 0.915. The zero-order valence-corrected chi connectivity index (χ0v) is 13.4. The predicted octanol–water partition coefficient (Wildman–Crippen LogP) is 3.22. The molecule has 1 heterocycles. The van der Waals surface area contributed by atoms with Crippen LogP contribution in [0, 0.1) is 11.3 Å². The molecule has 110 valence electrons. The predicted molar refractivity (Wildman–Crippen MR) is 86.2 cm³/mol. The van der Waals surface area contributed by atoms with Gasteiger partial charge in [-0.1, -0.05) is 40.2 Å². The highest BCUT2D eigenvalue weighted by atomic mass is 79.9. The fourth-order valence-electron chi connectivity index (χ4n) is 2.43. The standard InChI is InChI=1S/C17H14BrN3O/c18-14-6-2-1-4-12(14)10-17(8-9-17)21-16(22)15-7-3-5-13(11-19)20-15/h1-7H,8-10H2,(H,21,22). The van der Waals surface area contributed by atoms with Gasteiger partial charge in [0.2, 0.25) is 0 Å². The highest BCUT2D eigenvalue weighted by molar-refractivity contribution is 9.10. The summed E-state index contributed by atoms with van der Waals surface area (Å²) in [6.07, 6.45) is 2.70. The van der Waals surface area contributed by atoms with E-state index in [2.05, 4.69) is 32.3 Å². The number of carbonyl (C=O) groups excluding carboxylic acids is 1. The largest absolute Gasteiger partial charge is 0.345 e. The zero-order chi connectivity index (χ0) is 15.6. The van der Waals surface area contributed by atoms with Crippen LogP contribution in [0.2, 0.25) is 0 Å². The van der Waals surface area contributed by atoms with Gasteiger partial charge in [0.05, 0.1) is 0 Å². The summed E-state index contributed by atoms with van der Waals surface area (Å²) in [7, 11) is 0. The molecule has 0 radical (unpaired) electrons. The number of benzene rings is 1. The van der Waals surface area contributed by atoms with Crippen LogP contribution in [0.15, 0.2) is 46.9 Å². The Morgan fingerprint density at radius 1 is 1.27 bits per heavy atom. The molecule has 0 aliphatic heterocycles. The van der Waals surface area contributed by atoms with Crippen molar-refractivity contribution in [1.29, 1.82) is 5.26 Å². The van der Waals surface area contributed by atoms with Gasteiger partial charge in [-0.2, -0.15) is 5.26 Å². The van der Waals surface area contributed by atoms with E-state index in [1.165, 1.54) is 5.56 Å². The summed E-state index contributed by atoms with van der Waals surface area (Å²) in [5.41, 5.74) is 1.53. The normalized spacial score (nSPS) is 14.9. The van der Waals surface area contributed by atoms with Gasteiger partial charge in [0.15, 0.2) is 0 Å². The van der Waals surface area contributed by atoms with Gasteiger partial charge in [-0.05, 0) is 43.0 Å². The van der Waals surface area contributed by atoms with E-state index in [0.29, 0.717) is 0 Å². The number of rotatable bonds is 4. The number of halogens is 1. The van der Waals surface area contributed by atoms with E-state index >= 15 is 0 Å². The number of nitrogens with one attached hydrogen (secondary N) is 1. The first-order valence-corrected chi connectivity index (χ1v) is 7.84. The molecular formula is C17H14BrN3O. The monoisotopic (exact) mass is 355 g/mol. The second kappa shape index (κ2) is 5.90. The van der Waals surface area contributed by atoms with Crippen LogP contribution in [-0.2, 0) is 6.42 Å². The van der Waals surface area contributed by atoms with E-state index in [4.69, 9.17) is 5.26 Å². The molecule has 1 fully saturated rings. The third-order valence-corrected chi connectivity index (χ3v) is 4.59. The summed E-state index contributed by atoms with van der Waals surface area (Å²) in [6.45, 7) is 0. The van der Waals surface area contributed by atoms with Gasteiger partial charge < -0.3 is 5.32 Å². The first-order chi connectivity index (χ1) is 10.6. The summed E-state index contributed by atoms with van der Waals surface area (Å²) in [4.78, 5) is 16.4. The molecule has 3 rings (SSSR count). The van der Waals surface area contributed by atoms with E-state index in [1.807, 2.05) is 24.3 Å². The SMILES string of the molecule is N#Cc1cccc(C(=O)NC2(Cc3ccccc3Br)CC2)n1. The first kappa shape index (κ1) is 14.7. The third kappa shape index (κ3) is 3.18. The Kier molecular flexibility index (Phi) is 3.95. The van der Waals surface area contributed by atoms with Crippen molar-refractivity contribution in [3.63, 3.8) is 0 Å². The minimum absolute atomic E-state index is 0.189. The second-order valence-electron chi connectivity index (χ2n) is 5.52. The molecule has 1 N–H and O–H groups in total. The molecule has 0 saturated heterocycles. The first-order valence-electron chi connectivity index (χ1n) is 7.05. The Hall–Kier alpha value is -2.19. The lowest BCUT2D eigenvalue weighted by Crippen LogP contribution is -2.39. The van der Waals surface area contributed by atoms with Crippen molar-refractivity contribution in [3.8, 4) is 6.07 Å². The van der Waals surface area contributed by atoms with Crippen LogP contribution < -0.4 is 5.32 Å². The lowest BCUT2D eigenvalue weighted by Gasteiger charge is -2.18. The maximum absolute atomic E-state index is 12.3. The van der Waals surface area contributed by atoms with Crippen LogP contribution >= 0.6 is 15.9 Å². The van der Waals surface area contributed by atoms with Crippen molar-refractivity contribution in [1.82, 2.24) is 10.3 Å². The van der Waals surface area contributed by atoms with E-state index < -0.39 is 0 Å². The van der Waals surface area contributed by atoms with Gasteiger partial charge in [0.25, 0.3) is 5.91 Å². The van der Waals surface area contributed by atoms with E-state index in [1.54, 1.807) is 18.2 Å². The van der Waals surface area contributed by atoms with Crippen LogP contribution in [0.4, 0.5) is 0 Å². The summed E-state index contributed by atoms with van der Waals surface area (Å²) < 4.78 is 1.06. The molecule has 0 unspecified atom stereocenters. The van der Waals surface area contributed by atoms with Gasteiger partial charge in [0, 0.05) is 10.0 Å². The Labute approximate surface area is 137 Å². The molecule has 5 heteroatoms. The van der Waals surface area contributed by atoms with Crippen molar-refractivity contribution < 1.29 is 4.79 Å². The Morgan fingerprint density at radius 2 is 2.05 bits per heavy atom. The molecule has 1 aliphatic rings. The average molecular weight is 356 g/mol. The van der Waals surface area contributed by atoms with Gasteiger partial charge >= 0.3 is 0 Å². The van der Waals surface area contributed by atoms with Crippen LogP contribution in [-0.4, -0.2) is 16.4 Å². The molecule has 4 nitrogen and oxygen atoms in total. The van der Waals surface area contributed by atoms with Crippen LogP contribution in [0.25, 0.3) is 0 Å². The maximum atomic E-state index is 12.3. The molecule has 1 aliphatic carbocycles. The Bertz CT molecular complexity index is 762. The number of nitrogens with zero attached hydrogens (tertiary/aromatic N) is 2. The van der Waals surface area contributed by atoms with Gasteiger partial charge in [0.1, 0.15) is 17.5 Å². The topological polar surface area (TPSA) is 65.8 Å². The average Bonchev–Trinajstić information content (AvgIpc) is 3.29. The van der Waals surface area contributed by atoms with Crippen molar-refractivity contribution in [2.24, 2.45) is 0 Å². The summed E-state index contributed by atoms with van der Waals surface area (Å²) in [5.74, 6) is -0.221. The number of aromatic nitrogens is 1. The zero-order valence-electron chi connectivity index (χ0n) is 11.8. The highest BCUT2D eigenvalue weighted by Crippen LogP contribution is 2.40. The number of pyridine rings is 1. The summed E-state index contributed by atoms with van der Waals surface area (Å²) in [5, 5.41) is 11.9. The summed E-state index contributed by atoms with van der Waals surface area (Å²) in [6, 6.07) is 14.9. The lowest BCUT2D eigenvalue weighted by atomic mass is 10.0. The van der Waals surface area contributed by atoms with Gasteiger partial charge in [-0.25, -0.2) is 4.98 Å². The molecule has 1 amide bonds. The fraction of sp³-hybridized carbons (Fsp3) is 0.235. The number of amides is 1. The minimum Gasteiger partial charge on any atom is -0.345 e. The molecular weight excluding hydrogens is 342 g/mol. The van der Waals surface area contributed by atoms with Crippen LogP contribution in [0.1, 0.15) is 34.6 Å². The minimum atomic E-state index is -0.221. The summed E-state index contributed by atoms with van der Waals surface area (Å²) >= 11 is 3.55. The smallest absolute Gasteiger partial charge is 0.270 e. The number of hydrogen-bond donors (Lipinski definition) is 1. The maximum Gasteiger partial charge on any atom is 0.270 e. The van der Waals surface area contributed by atoms with E-state index in [9.17, 15) is 4.79 Å². The molecule has 1 aromatic heterocycles. The third-order valence-electron chi connectivity index (χ3n) is 3.82. The van der Waals surface area contributed by atoms with E-state index in [-0.39, 0.29) is 22.8 Å². The van der Waals surface area contributed by atoms with E-state index in [0.717, 1.165) is 23.7 Å². The molecule has 0 spiro atoms. The fourth-order valence-corrected chi connectivity index (χ4v) is 2.86. The highest BCUT2D eigenvalue weighted by Gasteiger charge is 2.44. The molecule has 0 bridgehead atoms.